The third-order valence-electron chi connectivity index (χ3n) is 6.77. The lowest BCUT2D eigenvalue weighted by atomic mass is 9.90. The molecule has 0 spiro atoms. The molecule has 5 rings (SSSR count). The molecule has 0 unspecified atom stereocenters. The maximum atomic E-state index is 13.2. The first-order valence-electron chi connectivity index (χ1n) is 11.6. The van der Waals surface area contributed by atoms with Crippen molar-refractivity contribution in [3.63, 3.8) is 0 Å². The number of benzene rings is 2. The van der Waals surface area contributed by atoms with Crippen LogP contribution in [0.4, 0.5) is 0 Å². The minimum Gasteiger partial charge on any atom is -0.388 e. The number of primary amides is 1. The summed E-state index contributed by atoms with van der Waals surface area (Å²) in [6.45, 7) is 1.33. The smallest absolute Gasteiger partial charge is 0.273 e. The van der Waals surface area contributed by atoms with Gasteiger partial charge in [-0.2, -0.15) is 0 Å². The highest BCUT2D eigenvalue weighted by molar-refractivity contribution is 5.96. The van der Waals surface area contributed by atoms with Crippen LogP contribution in [0, 0.1) is 0 Å². The first kappa shape index (κ1) is 22.7. The van der Waals surface area contributed by atoms with Crippen LogP contribution in [-0.2, 0) is 0 Å². The molecule has 9 nitrogen and oxygen atoms in total. The number of nitrogens with one attached hydrogen (secondary N) is 1. The molecular formula is C26H27N5O4. The van der Waals surface area contributed by atoms with Crippen molar-refractivity contribution in [1.82, 2.24) is 14.5 Å². The van der Waals surface area contributed by atoms with Crippen molar-refractivity contribution < 1.29 is 19.5 Å². The average Bonchev–Trinajstić information content (AvgIpc) is 3.36. The van der Waals surface area contributed by atoms with Gasteiger partial charge in [-0.15, -0.1) is 0 Å². The largest absolute Gasteiger partial charge is 0.388 e. The number of piperidine rings is 1. The lowest BCUT2D eigenvalue weighted by Crippen LogP contribution is -2.56. The van der Waals surface area contributed by atoms with Crippen LogP contribution in [0.15, 0.2) is 66.9 Å². The van der Waals surface area contributed by atoms with Crippen LogP contribution < -0.4 is 11.2 Å². The molecule has 0 atom stereocenters. The first-order valence-corrected chi connectivity index (χ1v) is 11.6. The lowest BCUT2D eigenvalue weighted by Gasteiger charge is -2.42. The van der Waals surface area contributed by atoms with Crippen molar-refractivity contribution in [3.05, 3.63) is 83.7 Å². The number of rotatable bonds is 5. The van der Waals surface area contributed by atoms with Gasteiger partial charge in [-0.3, -0.25) is 19.1 Å². The van der Waals surface area contributed by atoms with E-state index in [1.807, 2.05) is 18.2 Å². The number of carbonyl (C=O) groups is 3. The fourth-order valence-electron chi connectivity index (χ4n) is 4.70. The zero-order valence-electron chi connectivity index (χ0n) is 19.2. The fourth-order valence-corrected chi connectivity index (χ4v) is 4.70. The summed E-state index contributed by atoms with van der Waals surface area (Å²) >= 11 is 0. The molecule has 0 aliphatic carbocycles. The maximum absolute atomic E-state index is 13.2. The third-order valence-corrected chi connectivity index (χ3v) is 6.77. The summed E-state index contributed by atoms with van der Waals surface area (Å²) in [6, 6.07) is 17.8. The number of aliphatic hydroxyl groups is 1. The van der Waals surface area contributed by atoms with Crippen LogP contribution in [0.2, 0.25) is 0 Å². The molecule has 35 heavy (non-hydrogen) atoms. The molecule has 3 amide bonds. The van der Waals surface area contributed by atoms with Crippen molar-refractivity contribution in [2.45, 2.75) is 18.4 Å². The molecule has 9 heteroatoms. The predicted octanol–water partition coefficient (Wildman–Crippen LogP) is 1.88. The van der Waals surface area contributed by atoms with Gasteiger partial charge in [-0.1, -0.05) is 24.3 Å². The van der Waals surface area contributed by atoms with E-state index in [9.17, 15) is 19.5 Å². The van der Waals surface area contributed by atoms with Crippen molar-refractivity contribution >= 4 is 17.7 Å². The van der Waals surface area contributed by atoms with E-state index in [1.165, 1.54) is 0 Å². The van der Waals surface area contributed by atoms with Gasteiger partial charge in [-0.05, 0) is 60.4 Å². The van der Waals surface area contributed by atoms with Gasteiger partial charge in [0.05, 0.1) is 12.1 Å². The monoisotopic (exact) mass is 473 g/mol. The fraction of sp³-hybridized carbons (Fsp3) is 0.269. The Morgan fingerprint density at radius 2 is 1.71 bits per heavy atom. The van der Waals surface area contributed by atoms with Crippen LogP contribution in [0.3, 0.4) is 0 Å². The van der Waals surface area contributed by atoms with E-state index in [0.29, 0.717) is 49.4 Å². The Bertz CT molecular complexity index is 1270. The Morgan fingerprint density at radius 3 is 2.43 bits per heavy atom. The normalized spacial score (nSPS) is 17.0. The predicted molar refractivity (Wildman–Crippen MR) is 130 cm³/mol. The molecule has 4 N–H and O–H groups in total. The van der Waals surface area contributed by atoms with E-state index in [-0.39, 0.29) is 18.4 Å². The standard InChI is InChI=1S/C26H27N5O4/c27-23(32)19-8-6-18(7-9-19)20-3-1-4-21(15-20)24(33)29-13-10-26(35,11-14-29)16-30-17-28-31-12-2-5-22(31)25(30)34/h1-9,12,15,28,35H,10-11,13-14,16-17H2,(H2,27,32). The number of β-amino-alcohol motifs (C(OH)–C–C–N with tert-alkyl or cyclic N) is 1. The molecule has 1 saturated heterocycles. The minimum atomic E-state index is -1.05. The van der Waals surface area contributed by atoms with Crippen LogP contribution in [0.25, 0.3) is 11.1 Å². The van der Waals surface area contributed by atoms with E-state index >= 15 is 0 Å². The SMILES string of the molecule is NC(=O)c1ccc(-c2cccc(C(=O)N3CCC(O)(CN4CNn5cccc5C4=O)CC3)c2)cc1. The molecule has 0 saturated carbocycles. The molecule has 2 aliphatic heterocycles. The highest BCUT2D eigenvalue weighted by atomic mass is 16.3. The highest BCUT2D eigenvalue weighted by Gasteiger charge is 2.38. The molecule has 0 bridgehead atoms. The summed E-state index contributed by atoms with van der Waals surface area (Å²) in [7, 11) is 0. The zero-order valence-corrected chi connectivity index (χ0v) is 19.2. The summed E-state index contributed by atoms with van der Waals surface area (Å²) in [5, 5.41) is 11.2. The van der Waals surface area contributed by atoms with Gasteiger partial charge in [0.1, 0.15) is 12.4 Å². The Morgan fingerprint density at radius 1 is 0.971 bits per heavy atom. The van der Waals surface area contributed by atoms with Crippen molar-refractivity contribution in [2.75, 3.05) is 31.7 Å². The van der Waals surface area contributed by atoms with E-state index in [4.69, 9.17) is 5.73 Å². The van der Waals surface area contributed by atoms with Crippen LogP contribution >= 0.6 is 0 Å². The molecule has 3 aromatic rings. The first-order chi connectivity index (χ1) is 16.8. The number of aromatic nitrogens is 1. The summed E-state index contributed by atoms with van der Waals surface area (Å²) in [5.41, 5.74) is 10.7. The summed E-state index contributed by atoms with van der Waals surface area (Å²) < 4.78 is 1.68. The Kier molecular flexibility index (Phi) is 5.78. The minimum absolute atomic E-state index is 0.101. The van der Waals surface area contributed by atoms with Crippen molar-refractivity contribution in [3.8, 4) is 11.1 Å². The topological polar surface area (TPSA) is 121 Å². The molecule has 2 aliphatic rings. The number of amides is 3. The molecule has 1 fully saturated rings. The van der Waals surface area contributed by atoms with Gasteiger partial charge >= 0.3 is 0 Å². The molecule has 2 aromatic carbocycles. The van der Waals surface area contributed by atoms with Crippen LogP contribution in [0.5, 0.6) is 0 Å². The van der Waals surface area contributed by atoms with Crippen LogP contribution in [-0.4, -0.2) is 69.2 Å². The summed E-state index contributed by atoms with van der Waals surface area (Å²) in [4.78, 5) is 40.6. The summed E-state index contributed by atoms with van der Waals surface area (Å²) in [6.07, 6.45) is 2.56. The number of hydrogen-bond donors (Lipinski definition) is 3. The number of fused-ring (bicyclic) bond motifs is 1. The van der Waals surface area contributed by atoms with Gasteiger partial charge in [-0.25, -0.2) is 0 Å². The lowest BCUT2D eigenvalue weighted by molar-refractivity contribution is -0.0369. The van der Waals surface area contributed by atoms with Gasteiger partial charge < -0.3 is 26.1 Å². The van der Waals surface area contributed by atoms with Gasteiger partial charge in [0, 0.05) is 30.4 Å². The number of carbonyl (C=O) groups excluding carboxylic acids is 3. The van der Waals surface area contributed by atoms with Crippen LogP contribution in [0.1, 0.15) is 44.0 Å². The molecule has 3 heterocycles. The quantitative estimate of drug-likeness (QED) is 0.523. The molecular weight excluding hydrogens is 446 g/mol. The van der Waals surface area contributed by atoms with Crippen molar-refractivity contribution in [1.29, 1.82) is 0 Å². The van der Waals surface area contributed by atoms with Gasteiger partial charge in [0.2, 0.25) is 5.91 Å². The van der Waals surface area contributed by atoms with E-state index in [2.05, 4.69) is 5.43 Å². The Hall–Kier alpha value is -4.11. The van der Waals surface area contributed by atoms with Gasteiger partial charge in [0.25, 0.3) is 11.8 Å². The maximum Gasteiger partial charge on any atom is 0.273 e. The second-order valence-electron chi connectivity index (χ2n) is 9.12. The summed E-state index contributed by atoms with van der Waals surface area (Å²) in [5.74, 6) is -0.710. The van der Waals surface area contributed by atoms with Gasteiger partial charge in [0.15, 0.2) is 0 Å². The second kappa shape index (κ2) is 8.92. The van der Waals surface area contributed by atoms with E-state index in [1.54, 1.807) is 63.1 Å². The molecule has 180 valence electrons. The number of hydrogen-bond acceptors (Lipinski definition) is 5. The molecule has 1 aromatic heterocycles. The van der Waals surface area contributed by atoms with E-state index < -0.39 is 11.5 Å². The van der Waals surface area contributed by atoms with Crippen molar-refractivity contribution in [2.24, 2.45) is 5.73 Å². The number of nitrogens with two attached hydrogens (primary N) is 1. The second-order valence-corrected chi connectivity index (χ2v) is 9.12. The number of nitrogens with zero attached hydrogens (tertiary/aromatic N) is 3. The Labute approximate surface area is 202 Å². The Balaban J connectivity index is 1.23. The molecule has 0 radical (unpaired) electrons. The third kappa shape index (κ3) is 4.50. The number of likely N-dealkylation sites (tertiary alicyclic amines) is 1. The zero-order chi connectivity index (χ0) is 24.6. The van der Waals surface area contributed by atoms with E-state index in [0.717, 1.165) is 11.1 Å². The average molecular weight is 474 g/mol. The highest BCUT2D eigenvalue weighted by Crippen LogP contribution is 2.27.